The van der Waals surface area contributed by atoms with Crippen LogP contribution in [0.15, 0.2) is 24.3 Å². The molecule has 24 heavy (non-hydrogen) atoms. The Balaban J connectivity index is 1.68. The van der Waals surface area contributed by atoms with Gasteiger partial charge in [0.1, 0.15) is 12.4 Å². The molecular weight excluding hydrogens is 310 g/mol. The van der Waals surface area contributed by atoms with Crippen LogP contribution in [-0.2, 0) is 20.7 Å². The first-order valence-electron chi connectivity index (χ1n) is 8.07. The van der Waals surface area contributed by atoms with Crippen LogP contribution in [0.3, 0.4) is 0 Å². The third kappa shape index (κ3) is 6.00. The van der Waals surface area contributed by atoms with Crippen LogP contribution in [0.25, 0.3) is 0 Å². The fourth-order valence-corrected chi connectivity index (χ4v) is 2.72. The minimum absolute atomic E-state index is 0.0475. The highest BCUT2D eigenvalue weighted by Gasteiger charge is 2.21. The van der Waals surface area contributed by atoms with Crippen LogP contribution in [0, 0.1) is 0 Å². The van der Waals surface area contributed by atoms with Gasteiger partial charge in [0, 0.05) is 38.2 Å². The van der Waals surface area contributed by atoms with E-state index in [1.54, 1.807) is 12.1 Å². The summed E-state index contributed by atoms with van der Waals surface area (Å²) in [4.78, 5) is 35.3. The second-order valence-corrected chi connectivity index (χ2v) is 5.84. The van der Waals surface area contributed by atoms with Gasteiger partial charge in [-0.2, -0.15) is 0 Å². The number of carbonyl (C=O) groups is 3. The van der Waals surface area contributed by atoms with Crippen molar-refractivity contribution in [1.82, 2.24) is 4.90 Å². The van der Waals surface area contributed by atoms with Gasteiger partial charge >= 0.3 is 6.09 Å². The number of nitrogens with zero attached hydrogens (tertiary/aromatic N) is 1. The molecule has 1 saturated heterocycles. The first kappa shape index (κ1) is 17.9. The summed E-state index contributed by atoms with van der Waals surface area (Å²) >= 11 is 0. The second kappa shape index (κ2) is 9.02. The average molecular weight is 333 g/mol. The summed E-state index contributed by atoms with van der Waals surface area (Å²) in [6, 6.07) is 7.24. The fraction of sp³-hybridized carbons (Fsp3) is 0.471. The SMILES string of the molecule is NC(=O)OC1CCN(CCC(=O)Nc2ccc(CC=O)cc2)CC1. The minimum atomic E-state index is -0.730. The van der Waals surface area contributed by atoms with Gasteiger partial charge in [-0.3, -0.25) is 4.79 Å². The predicted octanol–water partition coefficient (Wildman–Crippen LogP) is 1.32. The molecule has 2 amide bonds. The molecule has 0 aliphatic carbocycles. The summed E-state index contributed by atoms with van der Waals surface area (Å²) in [5.41, 5.74) is 6.66. The molecule has 1 aliphatic rings. The molecule has 3 N–H and O–H groups in total. The molecule has 0 atom stereocenters. The number of ether oxygens (including phenoxy) is 1. The fourth-order valence-electron chi connectivity index (χ4n) is 2.72. The van der Waals surface area contributed by atoms with E-state index in [9.17, 15) is 14.4 Å². The summed E-state index contributed by atoms with van der Waals surface area (Å²) in [5, 5.41) is 2.85. The van der Waals surface area contributed by atoms with E-state index in [0.29, 0.717) is 19.4 Å². The molecule has 0 bridgehead atoms. The molecule has 0 saturated carbocycles. The Morgan fingerprint density at radius 2 is 1.92 bits per heavy atom. The lowest BCUT2D eigenvalue weighted by Crippen LogP contribution is -2.39. The predicted molar refractivity (Wildman–Crippen MR) is 89.6 cm³/mol. The number of primary amides is 1. The number of likely N-dealkylation sites (tertiary alicyclic amines) is 1. The monoisotopic (exact) mass is 333 g/mol. The van der Waals surface area contributed by atoms with Gasteiger partial charge in [0.15, 0.2) is 0 Å². The topological polar surface area (TPSA) is 102 Å². The van der Waals surface area contributed by atoms with E-state index in [1.165, 1.54) is 0 Å². The van der Waals surface area contributed by atoms with Crippen molar-refractivity contribution in [3.63, 3.8) is 0 Å². The molecular formula is C17H23N3O4. The number of amides is 2. The van der Waals surface area contributed by atoms with Crippen LogP contribution in [0.2, 0.25) is 0 Å². The van der Waals surface area contributed by atoms with Gasteiger partial charge in [-0.05, 0) is 30.5 Å². The van der Waals surface area contributed by atoms with Crippen molar-refractivity contribution < 1.29 is 19.1 Å². The van der Waals surface area contributed by atoms with Gasteiger partial charge in [-0.15, -0.1) is 0 Å². The van der Waals surface area contributed by atoms with E-state index in [4.69, 9.17) is 10.5 Å². The zero-order valence-corrected chi connectivity index (χ0v) is 13.6. The van der Waals surface area contributed by atoms with E-state index < -0.39 is 6.09 Å². The quantitative estimate of drug-likeness (QED) is 0.733. The Labute approximate surface area is 141 Å². The van der Waals surface area contributed by atoms with Crippen molar-refractivity contribution >= 4 is 24.0 Å². The van der Waals surface area contributed by atoms with Crippen molar-refractivity contribution in [3.8, 4) is 0 Å². The number of rotatable bonds is 7. The number of nitrogens with two attached hydrogens (primary N) is 1. The molecule has 1 aromatic rings. The molecule has 0 aromatic heterocycles. The van der Waals surface area contributed by atoms with E-state index in [0.717, 1.165) is 43.5 Å². The molecule has 1 fully saturated rings. The van der Waals surface area contributed by atoms with Crippen molar-refractivity contribution in [2.45, 2.75) is 31.8 Å². The van der Waals surface area contributed by atoms with Crippen LogP contribution in [-0.4, -0.2) is 48.9 Å². The van der Waals surface area contributed by atoms with Crippen LogP contribution in [0.1, 0.15) is 24.8 Å². The van der Waals surface area contributed by atoms with Crippen LogP contribution < -0.4 is 11.1 Å². The molecule has 1 aromatic carbocycles. The standard InChI is InChI=1S/C17H23N3O4/c18-17(23)24-15-5-9-20(10-6-15)11-7-16(22)19-14-3-1-13(2-4-14)8-12-21/h1-4,12,15H,5-11H2,(H2,18,23)(H,19,22). The lowest BCUT2D eigenvalue weighted by Gasteiger charge is -2.30. The molecule has 0 spiro atoms. The first-order valence-corrected chi connectivity index (χ1v) is 8.07. The lowest BCUT2D eigenvalue weighted by molar-refractivity contribution is -0.116. The number of benzene rings is 1. The zero-order valence-electron chi connectivity index (χ0n) is 13.6. The summed E-state index contributed by atoms with van der Waals surface area (Å²) < 4.78 is 4.98. The van der Waals surface area contributed by atoms with Crippen LogP contribution >= 0.6 is 0 Å². The number of anilines is 1. The molecule has 0 unspecified atom stereocenters. The van der Waals surface area contributed by atoms with E-state index in [-0.39, 0.29) is 12.0 Å². The van der Waals surface area contributed by atoms with Crippen molar-refractivity contribution in [3.05, 3.63) is 29.8 Å². The van der Waals surface area contributed by atoms with Crippen molar-refractivity contribution in [1.29, 1.82) is 0 Å². The highest BCUT2D eigenvalue weighted by molar-refractivity contribution is 5.90. The van der Waals surface area contributed by atoms with Gasteiger partial charge in [0.05, 0.1) is 0 Å². The summed E-state index contributed by atoms with van der Waals surface area (Å²) in [7, 11) is 0. The number of nitrogens with one attached hydrogen (secondary N) is 1. The normalized spacial score (nSPS) is 15.7. The largest absolute Gasteiger partial charge is 0.446 e. The van der Waals surface area contributed by atoms with Gasteiger partial charge in [0.2, 0.25) is 5.91 Å². The van der Waals surface area contributed by atoms with Crippen LogP contribution in [0.5, 0.6) is 0 Å². The molecule has 2 rings (SSSR count). The molecule has 7 nitrogen and oxygen atoms in total. The van der Waals surface area contributed by atoms with Gasteiger partial charge in [0.25, 0.3) is 0 Å². The van der Waals surface area contributed by atoms with Crippen molar-refractivity contribution in [2.24, 2.45) is 5.73 Å². The molecule has 7 heteroatoms. The Morgan fingerprint density at radius 1 is 1.25 bits per heavy atom. The lowest BCUT2D eigenvalue weighted by atomic mass is 10.1. The number of aldehydes is 1. The first-order chi connectivity index (χ1) is 11.6. The maximum absolute atomic E-state index is 12.0. The number of hydrogen-bond acceptors (Lipinski definition) is 5. The second-order valence-electron chi connectivity index (χ2n) is 5.84. The Morgan fingerprint density at radius 3 is 2.50 bits per heavy atom. The summed E-state index contributed by atoms with van der Waals surface area (Å²) in [6.45, 7) is 2.23. The Bertz CT molecular complexity index is 566. The molecule has 0 radical (unpaired) electrons. The van der Waals surface area contributed by atoms with Gasteiger partial charge in [-0.1, -0.05) is 12.1 Å². The van der Waals surface area contributed by atoms with Crippen molar-refractivity contribution in [2.75, 3.05) is 25.0 Å². The summed E-state index contributed by atoms with van der Waals surface area (Å²) in [6.07, 6.45) is 2.27. The number of hydrogen-bond donors (Lipinski definition) is 2. The third-order valence-electron chi connectivity index (χ3n) is 4.03. The summed E-state index contributed by atoms with van der Waals surface area (Å²) in [5.74, 6) is -0.0475. The van der Waals surface area contributed by atoms with Gasteiger partial charge in [-0.25, -0.2) is 4.79 Å². The number of carbonyl (C=O) groups excluding carboxylic acids is 3. The third-order valence-corrected chi connectivity index (χ3v) is 4.03. The molecule has 1 aliphatic heterocycles. The van der Waals surface area contributed by atoms with E-state index in [1.807, 2.05) is 12.1 Å². The Kier molecular flexibility index (Phi) is 6.74. The molecule has 130 valence electrons. The highest BCUT2D eigenvalue weighted by Crippen LogP contribution is 2.14. The zero-order chi connectivity index (χ0) is 17.4. The van der Waals surface area contributed by atoms with Crippen LogP contribution in [0.4, 0.5) is 10.5 Å². The average Bonchev–Trinajstić information content (AvgIpc) is 2.56. The van der Waals surface area contributed by atoms with Gasteiger partial charge < -0.3 is 25.5 Å². The maximum atomic E-state index is 12.0. The highest BCUT2D eigenvalue weighted by atomic mass is 16.6. The smallest absolute Gasteiger partial charge is 0.404 e. The maximum Gasteiger partial charge on any atom is 0.404 e. The molecule has 1 heterocycles. The number of piperidine rings is 1. The van der Waals surface area contributed by atoms with E-state index in [2.05, 4.69) is 10.2 Å². The Hall–Kier alpha value is -2.41. The van der Waals surface area contributed by atoms with E-state index >= 15 is 0 Å². The minimum Gasteiger partial charge on any atom is -0.446 e.